The van der Waals surface area contributed by atoms with Crippen molar-refractivity contribution in [1.29, 1.82) is 0 Å². The van der Waals surface area contributed by atoms with E-state index in [0.29, 0.717) is 6.04 Å². The van der Waals surface area contributed by atoms with Gasteiger partial charge in [-0.05, 0) is 37.0 Å². The summed E-state index contributed by atoms with van der Waals surface area (Å²) in [5.74, 6) is 0. The summed E-state index contributed by atoms with van der Waals surface area (Å²) in [6.07, 6.45) is 8.14. The third kappa shape index (κ3) is 2.78. The van der Waals surface area contributed by atoms with Gasteiger partial charge in [-0.3, -0.25) is 4.68 Å². The summed E-state index contributed by atoms with van der Waals surface area (Å²) in [5, 5.41) is 4.72. The molecule has 2 N–H and O–H groups in total. The van der Waals surface area contributed by atoms with Gasteiger partial charge in [-0.15, -0.1) is 0 Å². The molecule has 1 aromatic carbocycles. The second kappa shape index (κ2) is 5.80. The van der Waals surface area contributed by atoms with Crippen molar-refractivity contribution in [3.05, 3.63) is 53.3 Å². The lowest BCUT2D eigenvalue weighted by molar-refractivity contribution is 0.461. The van der Waals surface area contributed by atoms with Gasteiger partial charge in [0.05, 0.1) is 11.7 Å². The molecule has 1 atom stereocenters. The summed E-state index contributed by atoms with van der Waals surface area (Å²) in [6.45, 7) is 2.12. The highest BCUT2D eigenvalue weighted by molar-refractivity contribution is 5.29. The third-order valence-electron chi connectivity index (χ3n) is 4.38. The lowest BCUT2D eigenvalue weighted by Crippen LogP contribution is -2.15. The number of rotatable bonds is 4. The highest BCUT2D eigenvalue weighted by Crippen LogP contribution is 2.29. The van der Waals surface area contributed by atoms with Crippen LogP contribution >= 0.6 is 0 Å². The fourth-order valence-corrected chi connectivity index (χ4v) is 3.20. The van der Waals surface area contributed by atoms with E-state index in [0.717, 1.165) is 12.1 Å². The van der Waals surface area contributed by atoms with Crippen molar-refractivity contribution < 1.29 is 0 Å². The molecular weight excluding hydrogens is 246 g/mol. The molecule has 1 fully saturated rings. The van der Waals surface area contributed by atoms with Crippen LogP contribution in [0.5, 0.6) is 0 Å². The van der Waals surface area contributed by atoms with Crippen molar-refractivity contribution >= 4 is 0 Å². The van der Waals surface area contributed by atoms with E-state index < -0.39 is 0 Å². The Morgan fingerprint density at radius 3 is 2.75 bits per heavy atom. The summed E-state index contributed by atoms with van der Waals surface area (Å²) >= 11 is 0. The molecule has 0 bridgehead atoms. The van der Waals surface area contributed by atoms with Gasteiger partial charge >= 0.3 is 0 Å². The maximum Gasteiger partial charge on any atom is 0.0643 e. The molecule has 106 valence electrons. The number of benzene rings is 1. The zero-order valence-electron chi connectivity index (χ0n) is 12.1. The minimum Gasteiger partial charge on any atom is -0.324 e. The van der Waals surface area contributed by atoms with Crippen LogP contribution < -0.4 is 5.73 Å². The highest BCUT2D eigenvalue weighted by atomic mass is 15.3. The van der Waals surface area contributed by atoms with Gasteiger partial charge in [-0.1, -0.05) is 37.1 Å². The van der Waals surface area contributed by atoms with Gasteiger partial charge in [0.25, 0.3) is 0 Å². The van der Waals surface area contributed by atoms with Gasteiger partial charge in [-0.25, -0.2) is 0 Å². The molecule has 1 aromatic heterocycles. The normalized spacial score (nSPS) is 17.5. The van der Waals surface area contributed by atoms with Gasteiger partial charge in [-0.2, -0.15) is 5.10 Å². The largest absolute Gasteiger partial charge is 0.324 e. The van der Waals surface area contributed by atoms with E-state index in [2.05, 4.69) is 48.1 Å². The van der Waals surface area contributed by atoms with Crippen LogP contribution in [-0.4, -0.2) is 9.78 Å². The van der Waals surface area contributed by atoms with E-state index in [1.54, 1.807) is 0 Å². The first-order valence-electron chi connectivity index (χ1n) is 7.59. The number of hydrogen-bond acceptors (Lipinski definition) is 2. The van der Waals surface area contributed by atoms with E-state index in [1.165, 1.54) is 36.8 Å². The summed E-state index contributed by atoms with van der Waals surface area (Å²) < 4.78 is 2.15. The Labute approximate surface area is 120 Å². The van der Waals surface area contributed by atoms with Crippen molar-refractivity contribution in [3.63, 3.8) is 0 Å². The van der Waals surface area contributed by atoms with Crippen LogP contribution in [0.4, 0.5) is 0 Å². The van der Waals surface area contributed by atoms with Crippen LogP contribution in [0.25, 0.3) is 0 Å². The van der Waals surface area contributed by atoms with Gasteiger partial charge in [0.1, 0.15) is 0 Å². The molecule has 1 aliphatic carbocycles. The topological polar surface area (TPSA) is 43.8 Å². The molecule has 2 aromatic rings. The monoisotopic (exact) mass is 269 g/mol. The predicted octanol–water partition coefficient (Wildman–Crippen LogP) is 3.55. The Kier molecular flexibility index (Phi) is 3.88. The van der Waals surface area contributed by atoms with E-state index in [-0.39, 0.29) is 6.04 Å². The van der Waals surface area contributed by atoms with Gasteiger partial charge < -0.3 is 5.73 Å². The van der Waals surface area contributed by atoms with Crippen molar-refractivity contribution in [2.45, 2.75) is 51.1 Å². The van der Waals surface area contributed by atoms with Crippen molar-refractivity contribution in [2.75, 3.05) is 0 Å². The molecule has 3 rings (SSSR count). The second-order valence-electron chi connectivity index (χ2n) is 5.89. The fraction of sp³-hybridized carbons (Fsp3) is 0.471. The smallest absolute Gasteiger partial charge is 0.0643 e. The van der Waals surface area contributed by atoms with Crippen LogP contribution in [0.2, 0.25) is 0 Å². The summed E-state index contributed by atoms with van der Waals surface area (Å²) in [7, 11) is 0. The molecule has 0 aliphatic heterocycles. The third-order valence-corrected chi connectivity index (χ3v) is 4.38. The SMILES string of the molecule is Cc1ccccc1C(N)Cc1ccn(C2CCCC2)n1. The van der Waals surface area contributed by atoms with Crippen LogP contribution in [0.3, 0.4) is 0 Å². The van der Waals surface area contributed by atoms with E-state index in [4.69, 9.17) is 10.8 Å². The summed E-state index contributed by atoms with van der Waals surface area (Å²) in [5.41, 5.74) is 9.93. The van der Waals surface area contributed by atoms with E-state index >= 15 is 0 Å². The van der Waals surface area contributed by atoms with Crippen LogP contribution in [-0.2, 0) is 6.42 Å². The van der Waals surface area contributed by atoms with Crippen LogP contribution in [0.1, 0.15) is 54.6 Å². The Morgan fingerprint density at radius 2 is 2.00 bits per heavy atom. The van der Waals surface area contributed by atoms with E-state index in [9.17, 15) is 0 Å². The van der Waals surface area contributed by atoms with Gasteiger partial charge in [0, 0.05) is 18.7 Å². The molecule has 1 aliphatic rings. The predicted molar refractivity (Wildman–Crippen MR) is 81.5 cm³/mol. The van der Waals surface area contributed by atoms with Crippen LogP contribution in [0, 0.1) is 6.92 Å². The molecule has 0 radical (unpaired) electrons. The zero-order valence-corrected chi connectivity index (χ0v) is 12.1. The highest BCUT2D eigenvalue weighted by Gasteiger charge is 2.18. The minimum absolute atomic E-state index is 0.0307. The molecule has 3 nitrogen and oxygen atoms in total. The molecule has 1 unspecified atom stereocenters. The molecule has 3 heteroatoms. The minimum atomic E-state index is 0.0307. The van der Waals surface area contributed by atoms with Crippen molar-refractivity contribution in [3.8, 4) is 0 Å². The molecule has 20 heavy (non-hydrogen) atoms. The zero-order chi connectivity index (χ0) is 13.9. The molecule has 1 heterocycles. The first-order chi connectivity index (χ1) is 9.74. The number of hydrogen-bond donors (Lipinski definition) is 1. The molecule has 1 saturated carbocycles. The number of nitrogens with zero attached hydrogens (tertiary/aromatic N) is 2. The quantitative estimate of drug-likeness (QED) is 0.922. The maximum atomic E-state index is 6.34. The first kappa shape index (κ1) is 13.4. The maximum absolute atomic E-state index is 6.34. The summed E-state index contributed by atoms with van der Waals surface area (Å²) in [4.78, 5) is 0. The number of nitrogens with two attached hydrogens (primary N) is 1. The van der Waals surface area contributed by atoms with Gasteiger partial charge in [0.15, 0.2) is 0 Å². The summed E-state index contributed by atoms with van der Waals surface area (Å²) in [6, 6.07) is 11.1. The number of aromatic nitrogens is 2. The lowest BCUT2D eigenvalue weighted by atomic mass is 9.98. The Balaban J connectivity index is 1.70. The van der Waals surface area contributed by atoms with Crippen molar-refractivity contribution in [1.82, 2.24) is 9.78 Å². The van der Waals surface area contributed by atoms with Crippen LogP contribution in [0.15, 0.2) is 36.5 Å². The molecular formula is C17H23N3. The molecule has 0 spiro atoms. The fourth-order valence-electron chi connectivity index (χ4n) is 3.20. The number of aryl methyl sites for hydroxylation is 1. The Bertz CT molecular complexity index is 567. The molecule has 0 amide bonds. The lowest BCUT2D eigenvalue weighted by Gasteiger charge is -2.13. The average Bonchev–Trinajstić information content (AvgIpc) is 3.09. The van der Waals surface area contributed by atoms with Gasteiger partial charge in [0.2, 0.25) is 0 Å². The first-order valence-corrected chi connectivity index (χ1v) is 7.59. The Morgan fingerprint density at radius 1 is 1.25 bits per heavy atom. The van der Waals surface area contributed by atoms with Crippen molar-refractivity contribution in [2.24, 2.45) is 5.73 Å². The van der Waals surface area contributed by atoms with E-state index in [1.807, 2.05) is 0 Å². The molecule has 0 saturated heterocycles. The Hall–Kier alpha value is -1.61. The standard InChI is InChI=1S/C17H23N3/c1-13-6-2-5-9-16(13)17(18)12-14-10-11-20(19-14)15-7-3-4-8-15/h2,5-6,9-11,15,17H,3-4,7-8,12,18H2,1H3. The average molecular weight is 269 g/mol. The second-order valence-corrected chi connectivity index (χ2v) is 5.89.